The van der Waals surface area contributed by atoms with Gasteiger partial charge in [-0.2, -0.15) is 0 Å². The lowest BCUT2D eigenvalue weighted by Crippen LogP contribution is -2.49. The largest absolute Gasteiger partial charge is 0.466 e. The van der Waals surface area contributed by atoms with Crippen LogP contribution in [0, 0.1) is 0 Å². The van der Waals surface area contributed by atoms with E-state index in [0.717, 1.165) is 4.34 Å². The number of ether oxygens (including phenoxy) is 2. The summed E-state index contributed by atoms with van der Waals surface area (Å²) in [6, 6.07) is -0.794. The summed E-state index contributed by atoms with van der Waals surface area (Å²) in [7, 11) is 0. The summed E-state index contributed by atoms with van der Waals surface area (Å²) in [6.45, 7) is 5.81. The number of esters is 2. The van der Waals surface area contributed by atoms with Crippen molar-refractivity contribution in [2.45, 2.75) is 37.6 Å². The fourth-order valence-corrected chi connectivity index (χ4v) is 4.14. The molecule has 2 amide bonds. The van der Waals surface area contributed by atoms with E-state index in [1.54, 1.807) is 26.2 Å². The third-order valence-corrected chi connectivity index (χ3v) is 5.46. The van der Waals surface area contributed by atoms with Crippen molar-refractivity contribution in [3.8, 4) is 0 Å². The minimum Gasteiger partial charge on any atom is -0.466 e. The second-order valence-electron chi connectivity index (χ2n) is 5.31. The van der Waals surface area contributed by atoms with Crippen molar-refractivity contribution in [1.82, 2.24) is 15.6 Å². The fourth-order valence-electron chi connectivity index (χ4n) is 2.32. The average molecular weight is 399 g/mol. The van der Waals surface area contributed by atoms with E-state index in [-0.39, 0.29) is 25.0 Å². The SMILES string of the molecule is CCOC(=O)Cc1csc(SCC2=C(C(=O)OCC)C(C)NC(=O)N2)n1. The number of urea groups is 1. The molecular weight excluding hydrogens is 378 g/mol. The van der Waals surface area contributed by atoms with Gasteiger partial charge in [-0.3, -0.25) is 4.79 Å². The predicted octanol–water partition coefficient (Wildman–Crippen LogP) is 1.86. The van der Waals surface area contributed by atoms with Gasteiger partial charge in [-0.1, -0.05) is 11.8 Å². The van der Waals surface area contributed by atoms with Gasteiger partial charge in [-0.25, -0.2) is 14.6 Å². The Balaban J connectivity index is 2.06. The molecule has 1 aromatic rings. The van der Waals surface area contributed by atoms with Gasteiger partial charge in [0, 0.05) is 16.8 Å². The van der Waals surface area contributed by atoms with E-state index in [1.165, 1.54) is 23.1 Å². The van der Waals surface area contributed by atoms with Gasteiger partial charge < -0.3 is 20.1 Å². The van der Waals surface area contributed by atoms with Crippen molar-refractivity contribution < 1.29 is 23.9 Å². The minimum atomic E-state index is -0.453. The van der Waals surface area contributed by atoms with E-state index in [1.807, 2.05) is 0 Å². The van der Waals surface area contributed by atoms with Crippen molar-refractivity contribution in [3.05, 3.63) is 22.3 Å². The van der Waals surface area contributed by atoms with E-state index in [2.05, 4.69) is 15.6 Å². The molecule has 8 nitrogen and oxygen atoms in total. The Labute approximate surface area is 159 Å². The Morgan fingerprint density at radius 2 is 2.04 bits per heavy atom. The quantitative estimate of drug-likeness (QED) is 0.507. The zero-order chi connectivity index (χ0) is 19.1. The number of hydrogen-bond acceptors (Lipinski definition) is 8. The van der Waals surface area contributed by atoms with Crippen LogP contribution < -0.4 is 10.6 Å². The minimum absolute atomic E-state index is 0.124. The summed E-state index contributed by atoms with van der Waals surface area (Å²) in [5, 5.41) is 7.12. The molecule has 2 rings (SSSR count). The molecule has 0 fully saturated rings. The molecular formula is C16H21N3O5S2. The molecule has 0 aromatic carbocycles. The van der Waals surface area contributed by atoms with Crippen LogP contribution in [0.15, 0.2) is 21.0 Å². The zero-order valence-corrected chi connectivity index (χ0v) is 16.4. The Hall–Kier alpha value is -2.07. The summed E-state index contributed by atoms with van der Waals surface area (Å²) in [6.07, 6.45) is 0.124. The summed E-state index contributed by atoms with van der Waals surface area (Å²) < 4.78 is 10.7. The second-order valence-corrected chi connectivity index (χ2v) is 7.39. The van der Waals surface area contributed by atoms with Crippen LogP contribution in [0.2, 0.25) is 0 Å². The lowest BCUT2D eigenvalue weighted by atomic mass is 10.1. The van der Waals surface area contributed by atoms with Crippen molar-refractivity contribution in [2.75, 3.05) is 19.0 Å². The molecule has 1 aliphatic heterocycles. The van der Waals surface area contributed by atoms with E-state index >= 15 is 0 Å². The maximum atomic E-state index is 12.2. The van der Waals surface area contributed by atoms with E-state index < -0.39 is 12.0 Å². The lowest BCUT2D eigenvalue weighted by molar-refractivity contribution is -0.142. The smallest absolute Gasteiger partial charge is 0.337 e. The predicted molar refractivity (Wildman–Crippen MR) is 98.0 cm³/mol. The van der Waals surface area contributed by atoms with Crippen LogP contribution in [-0.4, -0.2) is 48.0 Å². The van der Waals surface area contributed by atoms with Crippen molar-refractivity contribution >= 4 is 41.1 Å². The van der Waals surface area contributed by atoms with Gasteiger partial charge in [0.2, 0.25) is 0 Å². The van der Waals surface area contributed by atoms with Gasteiger partial charge in [0.1, 0.15) is 0 Å². The number of thioether (sulfide) groups is 1. The average Bonchev–Trinajstić information content (AvgIpc) is 3.00. The van der Waals surface area contributed by atoms with Gasteiger partial charge in [0.25, 0.3) is 0 Å². The van der Waals surface area contributed by atoms with Crippen molar-refractivity contribution in [1.29, 1.82) is 0 Å². The molecule has 0 saturated heterocycles. The third kappa shape index (κ3) is 5.46. The Bertz CT molecular complexity index is 716. The molecule has 10 heteroatoms. The number of amides is 2. The highest BCUT2D eigenvalue weighted by Crippen LogP contribution is 2.27. The first-order valence-corrected chi connectivity index (χ1v) is 10.0. The van der Waals surface area contributed by atoms with Gasteiger partial charge in [0.05, 0.1) is 36.9 Å². The molecule has 0 saturated carbocycles. The van der Waals surface area contributed by atoms with Crippen LogP contribution in [0.4, 0.5) is 4.79 Å². The zero-order valence-electron chi connectivity index (χ0n) is 14.8. The topological polar surface area (TPSA) is 107 Å². The van der Waals surface area contributed by atoms with E-state index in [9.17, 15) is 14.4 Å². The number of nitrogens with zero attached hydrogens (tertiary/aromatic N) is 1. The maximum Gasteiger partial charge on any atom is 0.337 e. The van der Waals surface area contributed by atoms with Gasteiger partial charge in [0.15, 0.2) is 4.34 Å². The van der Waals surface area contributed by atoms with Crippen LogP contribution >= 0.6 is 23.1 Å². The number of carbonyl (C=O) groups is 3. The number of thiazole rings is 1. The van der Waals surface area contributed by atoms with Gasteiger partial charge >= 0.3 is 18.0 Å². The maximum absolute atomic E-state index is 12.2. The molecule has 1 unspecified atom stereocenters. The third-order valence-electron chi connectivity index (χ3n) is 3.37. The van der Waals surface area contributed by atoms with Gasteiger partial charge in [-0.15, -0.1) is 11.3 Å². The number of carbonyl (C=O) groups excluding carboxylic acids is 3. The van der Waals surface area contributed by atoms with Crippen LogP contribution in [0.5, 0.6) is 0 Å². The monoisotopic (exact) mass is 399 g/mol. The number of rotatable bonds is 8. The molecule has 0 spiro atoms. The summed E-state index contributed by atoms with van der Waals surface area (Å²) >= 11 is 2.78. The normalized spacial score (nSPS) is 16.7. The summed E-state index contributed by atoms with van der Waals surface area (Å²) in [5.41, 5.74) is 1.55. The molecule has 0 radical (unpaired) electrons. The van der Waals surface area contributed by atoms with Crippen LogP contribution in [0.3, 0.4) is 0 Å². The van der Waals surface area contributed by atoms with Crippen molar-refractivity contribution in [3.63, 3.8) is 0 Å². The summed E-state index contributed by atoms with van der Waals surface area (Å²) in [4.78, 5) is 39.8. The van der Waals surface area contributed by atoms with E-state index in [0.29, 0.717) is 29.3 Å². The lowest BCUT2D eigenvalue weighted by Gasteiger charge is -2.26. The van der Waals surface area contributed by atoms with Gasteiger partial charge in [-0.05, 0) is 20.8 Å². The molecule has 0 aliphatic carbocycles. The summed E-state index contributed by atoms with van der Waals surface area (Å²) in [5.74, 6) is -0.413. The van der Waals surface area contributed by atoms with Crippen LogP contribution in [0.25, 0.3) is 0 Å². The number of nitrogens with one attached hydrogen (secondary N) is 2. The standard InChI is InChI=1S/C16H21N3O5S2/c1-4-23-12(20)6-10-7-25-16(18-10)26-8-11-13(14(21)24-5-2)9(3)17-15(22)19-11/h7,9H,4-6,8H2,1-3H3,(H2,17,19,22). The van der Waals surface area contributed by atoms with Crippen molar-refractivity contribution in [2.24, 2.45) is 0 Å². The molecule has 2 N–H and O–H groups in total. The molecule has 26 heavy (non-hydrogen) atoms. The Morgan fingerprint density at radius 1 is 1.31 bits per heavy atom. The second kappa shape index (κ2) is 9.58. The van der Waals surface area contributed by atoms with Crippen LogP contribution in [0.1, 0.15) is 26.5 Å². The first kappa shape index (κ1) is 20.2. The number of hydrogen-bond donors (Lipinski definition) is 2. The highest BCUT2D eigenvalue weighted by Gasteiger charge is 2.29. The Morgan fingerprint density at radius 3 is 2.73 bits per heavy atom. The first-order valence-electron chi connectivity index (χ1n) is 8.15. The highest BCUT2D eigenvalue weighted by atomic mass is 32.2. The fraction of sp³-hybridized carbons (Fsp3) is 0.500. The van der Waals surface area contributed by atoms with Crippen LogP contribution in [-0.2, 0) is 25.5 Å². The molecule has 142 valence electrons. The number of aromatic nitrogens is 1. The highest BCUT2D eigenvalue weighted by molar-refractivity contribution is 8.01. The molecule has 1 aliphatic rings. The molecule has 2 heterocycles. The molecule has 1 aromatic heterocycles. The first-order chi connectivity index (χ1) is 12.4. The van der Waals surface area contributed by atoms with E-state index in [4.69, 9.17) is 9.47 Å². The Kier molecular flexibility index (Phi) is 7.46. The molecule has 0 bridgehead atoms. The molecule has 1 atom stereocenters.